The van der Waals surface area contributed by atoms with Crippen LogP contribution in [0.25, 0.3) is 0 Å². The minimum absolute atomic E-state index is 0.147. The average molecular weight is 694 g/mol. The van der Waals surface area contributed by atoms with Crippen LogP contribution in [0.3, 0.4) is 0 Å². The van der Waals surface area contributed by atoms with E-state index in [1.165, 1.54) is 173 Å². The second-order valence-electron chi connectivity index (χ2n) is 15.3. The third kappa shape index (κ3) is 35.3. The summed E-state index contributed by atoms with van der Waals surface area (Å²) in [6.45, 7) is 4.19. The van der Waals surface area contributed by atoms with E-state index in [9.17, 15) is 20.1 Å². The van der Waals surface area contributed by atoms with Crippen molar-refractivity contribution >= 4 is 5.91 Å². The van der Waals surface area contributed by atoms with Gasteiger partial charge in [0.25, 0.3) is 0 Å². The zero-order valence-electron chi connectivity index (χ0n) is 33.1. The van der Waals surface area contributed by atoms with Gasteiger partial charge < -0.3 is 20.6 Å². The maximum Gasteiger partial charge on any atom is 0.220 e. The summed E-state index contributed by atoms with van der Waals surface area (Å²) in [5.74, 6) is -0.147. The third-order valence-corrected chi connectivity index (χ3v) is 10.4. The molecule has 0 aromatic heterocycles. The predicted octanol–water partition coefficient (Wildman–Crippen LogP) is 12.4. The zero-order valence-corrected chi connectivity index (χ0v) is 33.1. The number of allylic oxidation sites excluding steroid dienone is 2. The predicted molar refractivity (Wildman–Crippen MR) is 213 cm³/mol. The third-order valence-electron chi connectivity index (χ3n) is 10.4. The lowest BCUT2D eigenvalue weighted by molar-refractivity contribution is -0.124. The number of aliphatic hydroxyl groups excluding tert-OH is 3. The van der Waals surface area contributed by atoms with Crippen LogP contribution in [-0.4, -0.2) is 46.1 Å². The summed E-state index contributed by atoms with van der Waals surface area (Å²) in [5, 5.41) is 33.5. The Bertz CT molecular complexity index is 684. The molecule has 3 atom stereocenters. The molecule has 0 aliphatic heterocycles. The lowest BCUT2D eigenvalue weighted by atomic mass is 9.99. The van der Waals surface area contributed by atoms with Crippen LogP contribution in [0.2, 0.25) is 0 Å². The first-order chi connectivity index (χ1) is 24.1. The minimum atomic E-state index is -1.13. The Labute approximate surface area is 306 Å². The molecule has 0 aliphatic rings. The van der Waals surface area contributed by atoms with Crippen molar-refractivity contribution in [3.63, 3.8) is 0 Å². The zero-order chi connectivity index (χ0) is 35.9. The van der Waals surface area contributed by atoms with Gasteiger partial charge in [-0.2, -0.15) is 0 Å². The quantitative estimate of drug-likeness (QED) is 0.0380. The number of aliphatic hydroxyl groups is 3. The Morgan fingerprint density at radius 2 is 0.816 bits per heavy atom. The Balaban J connectivity index is 3.62. The molecule has 3 unspecified atom stereocenters. The van der Waals surface area contributed by atoms with Crippen LogP contribution in [0.1, 0.15) is 239 Å². The number of amides is 1. The van der Waals surface area contributed by atoms with Gasteiger partial charge in [-0.05, 0) is 38.5 Å². The van der Waals surface area contributed by atoms with E-state index in [2.05, 4.69) is 31.3 Å². The van der Waals surface area contributed by atoms with E-state index in [0.717, 1.165) is 38.5 Å². The van der Waals surface area contributed by atoms with Gasteiger partial charge in [0.1, 0.15) is 6.10 Å². The van der Waals surface area contributed by atoms with Crippen molar-refractivity contribution in [2.75, 3.05) is 6.61 Å². The van der Waals surface area contributed by atoms with Gasteiger partial charge in [-0.15, -0.1) is 0 Å². The van der Waals surface area contributed by atoms with Crippen molar-refractivity contribution in [1.29, 1.82) is 0 Å². The Hall–Kier alpha value is -0.910. The molecule has 0 bridgehead atoms. The highest BCUT2D eigenvalue weighted by atomic mass is 16.3. The molecule has 49 heavy (non-hydrogen) atoms. The van der Waals surface area contributed by atoms with E-state index in [4.69, 9.17) is 0 Å². The maximum absolute atomic E-state index is 12.4. The number of hydrogen-bond acceptors (Lipinski definition) is 4. The fourth-order valence-corrected chi connectivity index (χ4v) is 6.92. The normalized spacial score (nSPS) is 13.7. The summed E-state index contributed by atoms with van der Waals surface area (Å²) in [4.78, 5) is 12.4. The van der Waals surface area contributed by atoms with E-state index in [1.807, 2.05) is 0 Å². The lowest BCUT2D eigenvalue weighted by Crippen LogP contribution is -2.50. The Morgan fingerprint density at radius 3 is 1.18 bits per heavy atom. The summed E-state index contributed by atoms with van der Waals surface area (Å²) in [6, 6.07) is -0.807. The van der Waals surface area contributed by atoms with Gasteiger partial charge in [0.15, 0.2) is 0 Å². The fraction of sp³-hybridized carbons (Fsp3) is 0.932. The van der Waals surface area contributed by atoms with Gasteiger partial charge in [-0.3, -0.25) is 4.79 Å². The standard InChI is InChI=1S/C44H87NO4/c1-3-5-7-9-11-13-15-17-19-21-22-23-25-27-29-31-33-35-37-39-43(48)45-41(40-46)44(49)42(47)38-36-34-32-30-28-26-24-20-18-16-14-12-10-8-6-4-2/h21-22,41-42,44,46-47,49H,3-20,23-40H2,1-2H3,(H,45,48)/b22-21-. The van der Waals surface area contributed by atoms with E-state index in [0.29, 0.717) is 12.8 Å². The number of unbranched alkanes of at least 4 members (excludes halogenated alkanes) is 30. The molecule has 0 saturated carbocycles. The highest BCUT2D eigenvalue weighted by Gasteiger charge is 2.26. The molecule has 4 N–H and O–H groups in total. The summed E-state index contributed by atoms with van der Waals surface area (Å²) in [7, 11) is 0. The SMILES string of the molecule is CCCCCCCCCC/C=C\CCCCCCCCCC(=O)NC(CO)C(O)C(O)CCCCCCCCCCCCCCCCCC. The minimum Gasteiger partial charge on any atom is -0.394 e. The largest absolute Gasteiger partial charge is 0.394 e. The molecule has 0 aromatic carbocycles. The Kier molecular flexibility index (Phi) is 39.1. The van der Waals surface area contributed by atoms with Crippen molar-refractivity contribution in [3.8, 4) is 0 Å². The van der Waals surface area contributed by atoms with Crippen LogP contribution in [-0.2, 0) is 4.79 Å². The van der Waals surface area contributed by atoms with Crippen LogP contribution in [0.15, 0.2) is 12.2 Å². The molecule has 0 rings (SSSR count). The first-order valence-electron chi connectivity index (χ1n) is 22.0. The van der Waals surface area contributed by atoms with Crippen LogP contribution < -0.4 is 5.32 Å². The highest BCUT2D eigenvalue weighted by molar-refractivity contribution is 5.76. The molecular formula is C44H87NO4. The van der Waals surface area contributed by atoms with Crippen molar-refractivity contribution in [1.82, 2.24) is 5.32 Å². The Morgan fingerprint density at radius 1 is 0.490 bits per heavy atom. The monoisotopic (exact) mass is 694 g/mol. The second-order valence-corrected chi connectivity index (χ2v) is 15.3. The van der Waals surface area contributed by atoms with Crippen molar-refractivity contribution in [2.45, 2.75) is 257 Å². The molecule has 5 nitrogen and oxygen atoms in total. The average Bonchev–Trinajstić information content (AvgIpc) is 3.10. The first-order valence-corrected chi connectivity index (χ1v) is 22.0. The molecule has 292 valence electrons. The molecule has 0 spiro atoms. The molecule has 0 saturated heterocycles. The molecule has 0 heterocycles. The van der Waals surface area contributed by atoms with E-state index < -0.39 is 18.2 Å². The smallest absolute Gasteiger partial charge is 0.220 e. The van der Waals surface area contributed by atoms with Crippen molar-refractivity contribution < 1.29 is 20.1 Å². The summed E-state index contributed by atoms with van der Waals surface area (Å²) in [5.41, 5.74) is 0. The van der Waals surface area contributed by atoms with Crippen molar-refractivity contribution in [2.24, 2.45) is 0 Å². The van der Waals surface area contributed by atoms with Gasteiger partial charge in [0, 0.05) is 6.42 Å². The van der Waals surface area contributed by atoms with E-state index in [-0.39, 0.29) is 12.5 Å². The molecule has 1 amide bonds. The number of rotatable bonds is 40. The molecule has 0 aliphatic carbocycles. The topological polar surface area (TPSA) is 89.8 Å². The highest BCUT2D eigenvalue weighted by Crippen LogP contribution is 2.16. The number of nitrogens with one attached hydrogen (secondary N) is 1. The first kappa shape index (κ1) is 48.1. The molecule has 0 fully saturated rings. The van der Waals surface area contributed by atoms with Gasteiger partial charge >= 0.3 is 0 Å². The van der Waals surface area contributed by atoms with Crippen LogP contribution in [0.4, 0.5) is 0 Å². The summed E-state index contributed by atoms with van der Waals surface area (Å²) < 4.78 is 0. The molecule has 0 aromatic rings. The van der Waals surface area contributed by atoms with Gasteiger partial charge in [0.2, 0.25) is 5.91 Å². The number of carbonyl (C=O) groups excluding carboxylic acids is 1. The maximum atomic E-state index is 12.4. The summed E-state index contributed by atoms with van der Waals surface area (Å²) >= 11 is 0. The second kappa shape index (κ2) is 39.9. The van der Waals surface area contributed by atoms with Crippen LogP contribution in [0, 0.1) is 0 Å². The van der Waals surface area contributed by atoms with Gasteiger partial charge in [-0.25, -0.2) is 0 Å². The number of carbonyl (C=O) groups is 1. The summed E-state index contributed by atoms with van der Waals surface area (Å²) in [6.07, 6.45) is 46.0. The molecule has 0 radical (unpaired) electrons. The van der Waals surface area contributed by atoms with Crippen LogP contribution >= 0.6 is 0 Å². The van der Waals surface area contributed by atoms with E-state index in [1.54, 1.807) is 0 Å². The molecule has 5 heteroatoms. The van der Waals surface area contributed by atoms with Gasteiger partial charge in [-0.1, -0.05) is 206 Å². The fourth-order valence-electron chi connectivity index (χ4n) is 6.92. The van der Waals surface area contributed by atoms with Gasteiger partial charge in [0.05, 0.1) is 18.8 Å². The van der Waals surface area contributed by atoms with Crippen molar-refractivity contribution in [3.05, 3.63) is 12.2 Å². The number of hydrogen-bond donors (Lipinski definition) is 4. The van der Waals surface area contributed by atoms with Crippen LogP contribution in [0.5, 0.6) is 0 Å². The lowest BCUT2D eigenvalue weighted by Gasteiger charge is -2.26. The molecular weight excluding hydrogens is 606 g/mol. The van der Waals surface area contributed by atoms with E-state index >= 15 is 0 Å².